The van der Waals surface area contributed by atoms with Crippen molar-refractivity contribution in [2.24, 2.45) is 11.8 Å². The molecule has 1 N–H and O–H groups in total. The number of hydrogen-bond acceptors (Lipinski definition) is 3. The first-order valence-electron chi connectivity index (χ1n) is 5.10. The molecule has 0 saturated heterocycles. The Labute approximate surface area is 86.3 Å². The summed E-state index contributed by atoms with van der Waals surface area (Å²) < 4.78 is 0. The van der Waals surface area contributed by atoms with Crippen LogP contribution in [0.1, 0.15) is 34.1 Å². The Morgan fingerprint density at radius 2 is 1.71 bits per heavy atom. The van der Waals surface area contributed by atoms with E-state index in [2.05, 4.69) is 5.32 Å². The molecular weight excluding hydrogens is 178 g/mol. The van der Waals surface area contributed by atoms with E-state index in [1.54, 1.807) is 7.05 Å². The smallest absolute Gasteiger partial charge is 0.147 e. The molecule has 0 heterocycles. The van der Waals surface area contributed by atoms with Crippen LogP contribution in [0.2, 0.25) is 0 Å². The quantitative estimate of drug-likeness (QED) is 0.703. The third-order valence-corrected chi connectivity index (χ3v) is 2.75. The number of ketones is 2. The fourth-order valence-electron chi connectivity index (χ4n) is 1.21. The normalized spacial score (nSPS) is 15.3. The maximum atomic E-state index is 11.7. The SMILES string of the molecule is CNC(CC(=O)C(C)C(C)C)C(C)=O. The van der Waals surface area contributed by atoms with Gasteiger partial charge >= 0.3 is 0 Å². The monoisotopic (exact) mass is 199 g/mol. The predicted octanol–water partition coefficient (Wildman–Crippen LogP) is 1.41. The van der Waals surface area contributed by atoms with Crippen LogP contribution in [-0.4, -0.2) is 24.7 Å². The second-order valence-corrected chi connectivity index (χ2v) is 4.16. The first-order chi connectivity index (χ1) is 6.40. The Morgan fingerprint density at radius 3 is 2.00 bits per heavy atom. The van der Waals surface area contributed by atoms with Crippen LogP contribution in [0.3, 0.4) is 0 Å². The van der Waals surface area contributed by atoms with Gasteiger partial charge < -0.3 is 5.32 Å². The van der Waals surface area contributed by atoms with Crippen molar-refractivity contribution >= 4 is 11.6 Å². The van der Waals surface area contributed by atoms with Crippen LogP contribution >= 0.6 is 0 Å². The molecule has 82 valence electrons. The van der Waals surface area contributed by atoms with E-state index in [0.717, 1.165) is 0 Å². The highest BCUT2D eigenvalue weighted by molar-refractivity contribution is 5.90. The van der Waals surface area contributed by atoms with Gasteiger partial charge in [-0.1, -0.05) is 20.8 Å². The maximum absolute atomic E-state index is 11.7. The molecule has 3 nitrogen and oxygen atoms in total. The van der Waals surface area contributed by atoms with Gasteiger partial charge in [0.2, 0.25) is 0 Å². The van der Waals surface area contributed by atoms with Crippen LogP contribution in [0.4, 0.5) is 0 Å². The number of carbonyl (C=O) groups excluding carboxylic acids is 2. The van der Waals surface area contributed by atoms with E-state index < -0.39 is 0 Å². The summed E-state index contributed by atoms with van der Waals surface area (Å²) in [5, 5.41) is 2.86. The van der Waals surface area contributed by atoms with Crippen molar-refractivity contribution in [1.82, 2.24) is 5.32 Å². The van der Waals surface area contributed by atoms with Crippen LogP contribution < -0.4 is 5.32 Å². The third kappa shape index (κ3) is 4.01. The van der Waals surface area contributed by atoms with E-state index in [4.69, 9.17) is 0 Å². The van der Waals surface area contributed by atoms with E-state index >= 15 is 0 Å². The number of rotatable bonds is 6. The lowest BCUT2D eigenvalue weighted by molar-refractivity contribution is -0.127. The molecule has 2 unspecified atom stereocenters. The molecule has 0 rings (SSSR count). The minimum Gasteiger partial charge on any atom is -0.310 e. The van der Waals surface area contributed by atoms with Gasteiger partial charge in [-0.3, -0.25) is 9.59 Å². The van der Waals surface area contributed by atoms with Crippen molar-refractivity contribution in [1.29, 1.82) is 0 Å². The molecule has 3 heteroatoms. The molecular formula is C11H21NO2. The Balaban J connectivity index is 4.22. The summed E-state index contributed by atoms with van der Waals surface area (Å²) in [4.78, 5) is 22.8. The standard InChI is InChI=1S/C11H21NO2/c1-7(2)8(3)11(14)6-10(12-5)9(4)13/h7-8,10,12H,6H2,1-5H3. The molecule has 0 aliphatic carbocycles. The number of nitrogens with one attached hydrogen (secondary N) is 1. The molecule has 0 radical (unpaired) electrons. The highest BCUT2D eigenvalue weighted by Crippen LogP contribution is 2.13. The minimum atomic E-state index is -0.316. The first kappa shape index (κ1) is 13.3. The molecule has 0 aromatic heterocycles. The fourth-order valence-corrected chi connectivity index (χ4v) is 1.21. The summed E-state index contributed by atoms with van der Waals surface area (Å²) in [6.07, 6.45) is 0.311. The van der Waals surface area contributed by atoms with Crippen molar-refractivity contribution < 1.29 is 9.59 Å². The van der Waals surface area contributed by atoms with Crippen LogP contribution in [0, 0.1) is 11.8 Å². The predicted molar refractivity (Wildman–Crippen MR) is 57.2 cm³/mol. The van der Waals surface area contributed by atoms with Crippen LogP contribution in [-0.2, 0) is 9.59 Å². The zero-order valence-corrected chi connectivity index (χ0v) is 9.76. The van der Waals surface area contributed by atoms with Crippen molar-refractivity contribution in [2.75, 3.05) is 7.05 Å². The molecule has 0 fully saturated rings. The molecule has 0 bridgehead atoms. The second kappa shape index (κ2) is 5.91. The van der Waals surface area contributed by atoms with Gasteiger partial charge in [0.05, 0.1) is 6.04 Å². The van der Waals surface area contributed by atoms with E-state index in [0.29, 0.717) is 12.3 Å². The van der Waals surface area contributed by atoms with Gasteiger partial charge in [0.25, 0.3) is 0 Å². The lowest BCUT2D eigenvalue weighted by Crippen LogP contribution is -2.36. The van der Waals surface area contributed by atoms with Crippen LogP contribution in [0.5, 0.6) is 0 Å². The van der Waals surface area contributed by atoms with Crippen molar-refractivity contribution in [2.45, 2.75) is 40.2 Å². The summed E-state index contributed by atoms with van der Waals surface area (Å²) in [6, 6.07) is -0.316. The van der Waals surface area contributed by atoms with Gasteiger partial charge in [-0.25, -0.2) is 0 Å². The number of likely N-dealkylation sites (N-methyl/N-ethyl adjacent to an activating group) is 1. The summed E-state index contributed by atoms with van der Waals surface area (Å²) >= 11 is 0. The molecule has 0 amide bonds. The lowest BCUT2D eigenvalue weighted by Gasteiger charge is -2.17. The second-order valence-electron chi connectivity index (χ2n) is 4.16. The molecule has 0 aromatic rings. The lowest BCUT2D eigenvalue weighted by atomic mass is 9.89. The van der Waals surface area contributed by atoms with Gasteiger partial charge in [0.1, 0.15) is 11.6 Å². The summed E-state index contributed by atoms with van der Waals surface area (Å²) in [5.74, 6) is 0.559. The molecule has 14 heavy (non-hydrogen) atoms. The highest BCUT2D eigenvalue weighted by Gasteiger charge is 2.22. The number of hydrogen-bond donors (Lipinski definition) is 1. The minimum absolute atomic E-state index is 0.0248. The number of Topliss-reactive ketones (excluding diaryl/α,β-unsaturated/α-hetero) is 2. The molecule has 0 aliphatic rings. The van der Waals surface area contributed by atoms with Gasteiger partial charge in [0, 0.05) is 12.3 Å². The Bertz CT molecular complexity index is 211. The molecule has 0 aliphatic heterocycles. The van der Waals surface area contributed by atoms with Gasteiger partial charge in [-0.05, 0) is 19.9 Å². The van der Waals surface area contributed by atoms with Crippen molar-refractivity contribution in [3.8, 4) is 0 Å². The summed E-state index contributed by atoms with van der Waals surface area (Å²) in [6.45, 7) is 7.46. The Hall–Kier alpha value is -0.700. The molecule has 0 spiro atoms. The zero-order chi connectivity index (χ0) is 11.3. The third-order valence-electron chi connectivity index (χ3n) is 2.75. The zero-order valence-electron chi connectivity index (χ0n) is 9.76. The largest absolute Gasteiger partial charge is 0.310 e. The van der Waals surface area contributed by atoms with E-state index in [-0.39, 0.29) is 23.5 Å². The van der Waals surface area contributed by atoms with E-state index in [1.807, 2.05) is 20.8 Å². The average molecular weight is 199 g/mol. The summed E-state index contributed by atoms with van der Waals surface area (Å²) in [7, 11) is 1.71. The first-order valence-corrected chi connectivity index (χ1v) is 5.10. The highest BCUT2D eigenvalue weighted by atomic mass is 16.1. The van der Waals surface area contributed by atoms with E-state index in [9.17, 15) is 9.59 Å². The molecule has 0 aromatic carbocycles. The topological polar surface area (TPSA) is 46.2 Å². The fraction of sp³-hybridized carbons (Fsp3) is 0.818. The summed E-state index contributed by atoms with van der Waals surface area (Å²) in [5.41, 5.74) is 0. The van der Waals surface area contributed by atoms with Crippen LogP contribution in [0.15, 0.2) is 0 Å². The Kier molecular flexibility index (Phi) is 5.62. The van der Waals surface area contributed by atoms with Gasteiger partial charge in [-0.15, -0.1) is 0 Å². The van der Waals surface area contributed by atoms with Crippen LogP contribution in [0.25, 0.3) is 0 Å². The average Bonchev–Trinajstić information content (AvgIpc) is 2.11. The molecule has 2 atom stereocenters. The van der Waals surface area contributed by atoms with Crippen molar-refractivity contribution in [3.05, 3.63) is 0 Å². The van der Waals surface area contributed by atoms with Crippen molar-refractivity contribution in [3.63, 3.8) is 0 Å². The Morgan fingerprint density at radius 1 is 1.21 bits per heavy atom. The molecule has 0 saturated carbocycles. The van der Waals surface area contributed by atoms with E-state index in [1.165, 1.54) is 6.92 Å². The number of carbonyl (C=O) groups is 2. The maximum Gasteiger partial charge on any atom is 0.147 e. The van der Waals surface area contributed by atoms with Gasteiger partial charge in [0.15, 0.2) is 0 Å². The van der Waals surface area contributed by atoms with Gasteiger partial charge in [-0.2, -0.15) is 0 Å².